The van der Waals surface area contributed by atoms with Gasteiger partial charge in [-0.1, -0.05) is 13.2 Å². The Kier molecular flexibility index (Phi) is 1.18. The van der Waals surface area contributed by atoms with Crippen molar-refractivity contribution in [3.8, 4) is 0 Å². The third kappa shape index (κ3) is 0.762. The number of aldehydes is 1. The van der Waals surface area contributed by atoms with Crippen molar-refractivity contribution in [1.29, 1.82) is 0 Å². The minimum atomic E-state index is 0.333. The zero-order chi connectivity index (χ0) is 6.85. The summed E-state index contributed by atoms with van der Waals surface area (Å²) < 4.78 is 0. The molecule has 0 saturated heterocycles. The summed E-state index contributed by atoms with van der Waals surface area (Å²) in [7, 11) is 0. The van der Waals surface area contributed by atoms with Crippen LogP contribution in [0.3, 0.4) is 0 Å². The smallest absolute Gasteiger partial charge is 0.170 e. The third-order valence-electron chi connectivity index (χ3n) is 1.10. The minimum Gasteiger partial charge on any atom is -0.296 e. The number of hydrogen-bond donors (Lipinski definition) is 1. The van der Waals surface area contributed by atoms with Crippen LogP contribution in [0.5, 0.6) is 0 Å². The molecule has 0 amide bonds. The summed E-state index contributed by atoms with van der Waals surface area (Å²) in [6.45, 7) is 7.11. The summed E-state index contributed by atoms with van der Waals surface area (Å²) in [6, 6.07) is 0. The van der Waals surface area contributed by atoms with E-state index in [2.05, 4.69) is 23.4 Å². The van der Waals surface area contributed by atoms with Crippen LogP contribution in [0.4, 0.5) is 0 Å². The number of nitrogens with one attached hydrogen (secondary N) is 1. The molecule has 0 aromatic carbocycles. The lowest BCUT2D eigenvalue weighted by Crippen LogP contribution is -2.20. The van der Waals surface area contributed by atoms with E-state index in [-0.39, 0.29) is 0 Å². The SMILES string of the molecule is C=c1[nH]nc(C=O)c1=C. The number of aromatic amines is 1. The number of rotatable bonds is 1. The van der Waals surface area contributed by atoms with Crippen molar-refractivity contribution in [2.45, 2.75) is 0 Å². The van der Waals surface area contributed by atoms with E-state index in [1.165, 1.54) is 0 Å². The van der Waals surface area contributed by atoms with Crippen LogP contribution < -0.4 is 10.6 Å². The first-order valence-electron chi connectivity index (χ1n) is 2.43. The van der Waals surface area contributed by atoms with E-state index in [0.717, 1.165) is 0 Å². The molecule has 1 aromatic rings. The van der Waals surface area contributed by atoms with Crippen molar-refractivity contribution in [2.24, 2.45) is 0 Å². The third-order valence-corrected chi connectivity index (χ3v) is 1.10. The molecule has 1 heterocycles. The number of carbonyl (C=O) groups excluding carboxylic acids is 1. The van der Waals surface area contributed by atoms with Gasteiger partial charge in [0, 0.05) is 5.22 Å². The summed E-state index contributed by atoms with van der Waals surface area (Å²) in [5.74, 6) is 0. The first-order valence-corrected chi connectivity index (χ1v) is 2.43. The molecule has 0 bridgehead atoms. The maximum Gasteiger partial charge on any atom is 0.170 e. The average Bonchev–Trinajstić information content (AvgIpc) is 2.15. The van der Waals surface area contributed by atoms with Crippen LogP contribution in [0, 0.1) is 0 Å². The van der Waals surface area contributed by atoms with Gasteiger partial charge in [0.05, 0.1) is 5.35 Å². The molecule has 46 valence electrons. The van der Waals surface area contributed by atoms with Gasteiger partial charge in [-0.25, -0.2) is 0 Å². The first-order chi connectivity index (χ1) is 4.25. The quantitative estimate of drug-likeness (QED) is 0.488. The van der Waals surface area contributed by atoms with Gasteiger partial charge in [0.2, 0.25) is 0 Å². The van der Waals surface area contributed by atoms with Crippen molar-refractivity contribution in [2.75, 3.05) is 0 Å². The lowest BCUT2D eigenvalue weighted by atomic mass is 10.4. The van der Waals surface area contributed by atoms with E-state index in [9.17, 15) is 4.79 Å². The molecule has 9 heavy (non-hydrogen) atoms. The monoisotopic (exact) mass is 122 g/mol. The van der Waals surface area contributed by atoms with Gasteiger partial charge in [-0.05, 0) is 0 Å². The Hall–Kier alpha value is -1.38. The Labute approximate surface area is 51.7 Å². The molecule has 0 aliphatic rings. The van der Waals surface area contributed by atoms with E-state index >= 15 is 0 Å². The van der Waals surface area contributed by atoms with E-state index in [0.29, 0.717) is 22.5 Å². The Balaban J connectivity index is 3.55. The predicted octanol–water partition coefficient (Wildman–Crippen LogP) is -0.957. The van der Waals surface area contributed by atoms with Crippen LogP contribution in [0.1, 0.15) is 10.5 Å². The van der Waals surface area contributed by atoms with Crippen molar-refractivity contribution < 1.29 is 4.79 Å². The Morgan fingerprint density at radius 3 is 2.44 bits per heavy atom. The van der Waals surface area contributed by atoms with Crippen LogP contribution in [0.2, 0.25) is 0 Å². The number of aromatic nitrogens is 2. The zero-order valence-electron chi connectivity index (χ0n) is 4.85. The van der Waals surface area contributed by atoms with E-state index in [4.69, 9.17) is 0 Å². The molecule has 0 saturated carbocycles. The number of nitrogens with zero attached hydrogens (tertiary/aromatic N) is 1. The molecule has 1 N–H and O–H groups in total. The normalized spacial score (nSPS) is 9.33. The second-order valence-electron chi connectivity index (χ2n) is 1.68. The highest BCUT2D eigenvalue weighted by molar-refractivity contribution is 5.71. The standard InChI is InChI=1S/C6H6N2O/c1-4-5(2)7-8-6(4)3-9/h3,7H,1-2H2. The molecule has 0 unspecified atom stereocenters. The molecule has 3 nitrogen and oxygen atoms in total. The second-order valence-corrected chi connectivity index (χ2v) is 1.68. The zero-order valence-corrected chi connectivity index (χ0v) is 4.85. The fourth-order valence-corrected chi connectivity index (χ4v) is 0.515. The van der Waals surface area contributed by atoms with E-state index < -0.39 is 0 Å². The molecule has 0 aliphatic heterocycles. The van der Waals surface area contributed by atoms with Gasteiger partial charge in [0.25, 0.3) is 0 Å². The van der Waals surface area contributed by atoms with Gasteiger partial charge in [0.1, 0.15) is 5.69 Å². The Morgan fingerprint density at radius 2 is 2.22 bits per heavy atom. The summed E-state index contributed by atoms with van der Waals surface area (Å²) in [6.07, 6.45) is 0.646. The lowest BCUT2D eigenvalue weighted by Gasteiger charge is -1.69. The van der Waals surface area contributed by atoms with E-state index in [1.54, 1.807) is 0 Å². The minimum absolute atomic E-state index is 0.333. The van der Waals surface area contributed by atoms with Crippen molar-refractivity contribution in [3.63, 3.8) is 0 Å². The van der Waals surface area contributed by atoms with Gasteiger partial charge in [-0.3, -0.25) is 9.89 Å². The molecule has 1 aromatic heterocycles. The fraction of sp³-hybridized carbons (Fsp3) is 0. The highest BCUT2D eigenvalue weighted by Gasteiger charge is 1.92. The van der Waals surface area contributed by atoms with Gasteiger partial charge in [-0.15, -0.1) is 0 Å². The molecular weight excluding hydrogens is 116 g/mol. The summed E-state index contributed by atoms with van der Waals surface area (Å²) in [5, 5.41) is 7.32. The van der Waals surface area contributed by atoms with Gasteiger partial charge in [-0.2, -0.15) is 5.10 Å². The maximum atomic E-state index is 10.1. The van der Waals surface area contributed by atoms with Crippen molar-refractivity contribution in [1.82, 2.24) is 10.2 Å². The van der Waals surface area contributed by atoms with Crippen LogP contribution >= 0.6 is 0 Å². The molecular formula is C6H6N2O. The van der Waals surface area contributed by atoms with Crippen LogP contribution in [0.15, 0.2) is 0 Å². The van der Waals surface area contributed by atoms with E-state index in [1.807, 2.05) is 0 Å². The maximum absolute atomic E-state index is 10.1. The second kappa shape index (κ2) is 1.85. The number of H-pyrrole nitrogens is 1. The van der Waals surface area contributed by atoms with Gasteiger partial charge >= 0.3 is 0 Å². The summed E-state index contributed by atoms with van der Waals surface area (Å²) in [5.41, 5.74) is 0.333. The lowest BCUT2D eigenvalue weighted by molar-refractivity contribution is 0.111. The molecule has 0 spiro atoms. The molecule has 0 fully saturated rings. The summed E-state index contributed by atoms with van der Waals surface area (Å²) >= 11 is 0. The predicted molar refractivity (Wildman–Crippen MR) is 34.3 cm³/mol. The van der Waals surface area contributed by atoms with Crippen LogP contribution in [-0.4, -0.2) is 16.5 Å². The van der Waals surface area contributed by atoms with Gasteiger partial charge < -0.3 is 0 Å². The largest absolute Gasteiger partial charge is 0.296 e. The number of carbonyl (C=O) groups is 1. The molecule has 1 rings (SSSR count). The Bertz CT molecular complexity index is 312. The topological polar surface area (TPSA) is 45.8 Å². The molecule has 0 aliphatic carbocycles. The molecule has 0 atom stereocenters. The fourth-order valence-electron chi connectivity index (χ4n) is 0.515. The highest BCUT2D eigenvalue weighted by atomic mass is 16.1. The van der Waals surface area contributed by atoms with Gasteiger partial charge in [0.15, 0.2) is 6.29 Å². The average molecular weight is 122 g/mol. The van der Waals surface area contributed by atoms with Crippen molar-refractivity contribution >= 4 is 19.4 Å². The van der Waals surface area contributed by atoms with Crippen LogP contribution in [0.25, 0.3) is 13.2 Å². The van der Waals surface area contributed by atoms with Crippen molar-refractivity contribution in [3.05, 3.63) is 16.3 Å². The highest BCUT2D eigenvalue weighted by Crippen LogP contribution is 1.66. The molecule has 0 radical (unpaired) electrons. The molecule has 3 heteroatoms. The number of hydrogen-bond acceptors (Lipinski definition) is 2. The summed E-state index contributed by atoms with van der Waals surface area (Å²) in [4.78, 5) is 10.1. The first kappa shape index (κ1) is 5.75. The van der Waals surface area contributed by atoms with Crippen LogP contribution in [-0.2, 0) is 0 Å². The Morgan fingerprint density at radius 1 is 1.56 bits per heavy atom.